The average Bonchev–Trinajstić information content (AvgIpc) is 3.41. The Hall–Kier alpha value is -3.80. The molecule has 2 aromatic heterocycles. The lowest BCUT2D eigenvalue weighted by molar-refractivity contribution is 0.252. The molecular weight excluding hydrogens is 352 g/mol. The van der Waals surface area contributed by atoms with Gasteiger partial charge in [-0.05, 0) is 42.5 Å². The number of urea groups is 1. The Morgan fingerprint density at radius 2 is 1.82 bits per heavy atom. The first kappa shape index (κ1) is 17.6. The molecule has 140 valence electrons. The summed E-state index contributed by atoms with van der Waals surface area (Å²) in [4.78, 5) is 16.6. The zero-order valence-corrected chi connectivity index (χ0v) is 15.2. The molecule has 0 saturated carbocycles. The highest BCUT2D eigenvalue weighted by atomic mass is 16.3. The van der Waals surface area contributed by atoms with E-state index in [0.717, 1.165) is 22.6 Å². The topological polar surface area (TPSA) is 72.1 Å². The van der Waals surface area contributed by atoms with Gasteiger partial charge in [0.2, 0.25) is 5.89 Å². The van der Waals surface area contributed by atoms with Crippen molar-refractivity contribution in [2.75, 3.05) is 11.9 Å². The molecule has 4 rings (SSSR count). The zero-order valence-electron chi connectivity index (χ0n) is 15.2. The van der Waals surface area contributed by atoms with Crippen molar-refractivity contribution in [1.82, 2.24) is 14.9 Å². The van der Waals surface area contributed by atoms with Crippen molar-refractivity contribution in [2.24, 2.45) is 0 Å². The molecule has 2 aromatic carbocycles. The average molecular weight is 372 g/mol. The van der Waals surface area contributed by atoms with Crippen LogP contribution in [0.5, 0.6) is 0 Å². The van der Waals surface area contributed by atoms with Crippen molar-refractivity contribution in [2.45, 2.75) is 6.42 Å². The van der Waals surface area contributed by atoms with Crippen molar-refractivity contribution in [3.8, 4) is 17.1 Å². The third kappa shape index (κ3) is 4.29. The summed E-state index contributed by atoms with van der Waals surface area (Å²) in [5.41, 5.74) is 3.45. The van der Waals surface area contributed by atoms with Crippen molar-refractivity contribution < 1.29 is 9.21 Å². The monoisotopic (exact) mass is 372 g/mol. The molecule has 4 aromatic rings. The number of carbonyl (C=O) groups excluding carboxylic acids is 1. The lowest BCUT2D eigenvalue weighted by Gasteiger charge is -2.09. The van der Waals surface area contributed by atoms with Gasteiger partial charge in [0.25, 0.3) is 0 Å². The Morgan fingerprint density at radius 3 is 2.64 bits per heavy atom. The summed E-state index contributed by atoms with van der Waals surface area (Å²) >= 11 is 0. The Bertz CT molecular complexity index is 1040. The van der Waals surface area contributed by atoms with E-state index >= 15 is 0 Å². The van der Waals surface area contributed by atoms with Crippen LogP contribution in [-0.4, -0.2) is 22.1 Å². The first-order valence-corrected chi connectivity index (χ1v) is 9.06. The number of oxazole rings is 1. The van der Waals surface area contributed by atoms with Crippen LogP contribution in [0, 0.1) is 0 Å². The first-order chi connectivity index (χ1) is 13.8. The first-order valence-electron chi connectivity index (χ1n) is 9.06. The van der Waals surface area contributed by atoms with Crippen LogP contribution in [0.4, 0.5) is 10.5 Å². The molecule has 0 bridgehead atoms. The third-order valence-corrected chi connectivity index (χ3v) is 4.25. The van der Waals surface area contributed by atoms with Gasteiger partial charge in [-0.15, -0.1) is 0 Å². The van der Waals surface area contributed by atoms with Gasteiger partial charge in [-0.25, -0.2) is 9.78 Å². The summed E-state index contributed by atoms with van der Waals surface area (Å²) in [5.74, 6) is 0.585. The predicted molar refractivity (Wildman–Crippen MR) is 108 cm³/mol. The van der Waals surface area contributed by atoms with E-state index in [-0.39, 0.29) is 6.03 Å². The fraction of sp³-hybridized carbons (Fsp3) is 0.0909. The van der Waals surface area contributed by atoms with Crippen LogP contribution in [0.1, 0.15) is 5.69 Å². The van der Waals surface area contributed by atoms with Gasteiger partial charge in [0.1, 0.15) is 6.26 Å². The highest BCUT2D eigenvalue weighted by molar-refractivity contribution is 5.89. The van der Waals surface area contributed by atoms with E-state index in [2.05, 4.69) is 15.6 Å². The SMILES string of the molecule is O=C(NCCc1coc(-c2ccccc2)n1)Nc1cccc(-n2cccc2)c1. The van der Waals surface area contributed by atoms with Crippen LogP contribution in [0.2, 0.25) is 0 Å². The Kier molecular flexibility index (Phi) is 5.20. The van der Waals surface area contributed by atoms with Crippen LogP contribution in [-0.2, 0) is 6.42 Å². The number of nitrogens with one attached hydrogen (secondary N) is 2. The van der Waals surface area contributed by atoms with Crippen molar-refractivity contribution in [1.29, 1.82) is 0 Å². The van der Waals surface area contributed by atoms with Gasteiger partial charge in [0, 0.05) is 42.3 Å². The van der Waals surface area contributed by atoms with Crippen LogP contribution in [0.15, 0.2) is 89.8 Å². The summed E-state index contributed by atoms with van der Waals surface area (Å²) in [6.45, 7) is 0.462. The number of amides is 2. The number of rotatable bonds is 6. The second-order valence-corrected chi connectivity index (χ2v) is 6.28. The van der Waals surface area contributed by atoms with Crippen LogP contribution in [0.3, 0.4) is 0 Å². The number of hydrogen-bond donors (Lipinski definition) is 2. The molecule has 0 fully saturated rings. The molecule has 2 N–H and O–H groups in total. The van der Waals surface area contributed by atoms with Gasteiger partial charge < -0.3 is 19.6 Å². The quantitative estimate of drug-likeness (QED) is 0.523. The molecule has 0 saturated heterocycles. The minimum absolute atomic E-state index is 0.253. The minimum atomic E-state index is -0.253. The van der Waals surface area contributed by atoms with Crippen LogP contribution in [0.25, 0.3) is 17.1 Å². The van der Waals surface area contributed by atoms with Crippen LogP contribution < -0.4 is 10.6 Å². The van der Waals surface area contributed by atoms with E-state index in [1.807, 2.05) is 83.7 Å². The maximum Gasteiger partial charge on any atom is 0.319 e. The van der Waals surface area contributed by atoms with Crippen molar-refractivity contribution in [3.05, 3.63) is 91.1 Å². The zero-order chi connectivity index (χ0) is 19.2. The Morgan fingerprint density at radius 1 is 1.00 bits per heavy atom. The predicted octanol–water partition coefficient (Wildman–Crippen LogP) is 4.50. The molecule has 2 heterocycles. The second-order valence-electron chi connectivity index (χ2n) is 6.28. The van der Waals surface area contributed by atoms with Gasteiger partial charge >= 0.3 is 6.03 Å². The standard InChI is InChI=1S/C22H20N4O2/c27-22(25-18-9-6-10-20(15-18)26-13-4-5-14-26)23-12-11-19-16-28-21(24-19)17-7-2-1-3-8-17/h1-10,13-16H,11-12H2,(H2,23,25,27). The molecule has 0 radical (unpaired) electrons. The number of nitrogens with zero attached hydrogens (tertiary/aromatic N) is 2. The summed E-state index contributed by atoms with van der Waals surface area (Å²) in [6.07, 6.45) is 6.14. The van der Waals surface area contributed by atoms with E-state index in [1.54, 1.807) is 6.26 Å². The van der Waals surface area contributed by atoms with Crippen molar-refractivity contribution >= 4 is 11.7 Å². The molecule has 6 heteroatoms. The Labute approximate surface area is 162 Å². The number of aromatic nitrogens is 2. The van der Waals surface area contributed by atoms with Gasteiger partial charge in [0.05, 0.1) is 5.69 Å². The van der Waals surface area contributed by atoms with E-state index in [4.69, 9.17) is 4.42 Å². The summed E-state index contributed by atoms with van der Waals surface area (Å²) in [6, 6.07) is 21.1. The second kappa shape index (κ2) is 8.26. The molecule has 28 heavy (non-hydrogen) atoms. The molecule has 0 aliphatic rings. The fourth-order valence-electron chi connectivity index (χ4n) is 2.87. The summed E-state index contributed by atoms with van der Waals surface area (Å²) < 4.78 is 7.49. The van der Waals surface area contributed by atoms with Gasteiger partial charge in [-0.1, -0.05) is 24.3 Å². The number of carbonyl (C=O) groups is 1. The maximum atomic E-state index is 12.2. The molecule has 0 spiro atoms. The van der Waals surface area contributed by atoms with E-state index in [9.17, 15) is 4.79 Å². The normalized spacial score (nSPS) is 10.6. The molecular formula is C22H20N4O2. The summed E-state index contributed by atoms with van der Waals surface area (Å²) in [5, 5.41) is 5.70. The molecule has 0 aliphatic heterocycles. The van der Waals surface area contributed by atoms with Gasteiger partial charge in [-0.2, -0.15) is 0 Å². The molecule has 0 aliphatic carbocycles. The van der Waals surface area contributed by atoms with E-state index < -0.39 is 0 Å². The lowest BCUT2D eigenvalue weighted by Crippen LogP contribution is -2.30. The number of anilines is 1. The Balaban J connectivity index is 1.29. The van der Waals surface area contributed by atoms with E-state index in [1.165, 1.54) is 0 Å². The smallest absolute Gasteiger partial charge is 0.319 e. The number of benzene rings is 2. The fourth-order valence-corrected chi connectivity index (χ4v) is 2.87. The summed E-state index contributed by atoms with van der Waals surface area (Å²) in [7, 11) is 0. The molecule has 0 unspecified atom stereocenters. The van der Waals surface area contributed by atoms with Crippen LogP contribution >= 0.6 is 0 Å². The molecule has 6 nitrogen and oxygen atoms in total. The minimum Gasteiger partial charge on any atom is -0.444 e. The van der Waals surface area contributed by atoms with Crippen molar-refractivity contribution in [3.63, 3.8) is 0 Å². The highest BCUT2D eigenvalue weighted by Gasteiger charge is 2.07. The molecule has 2 amide bonds. The van der Waals surface area contributed by atoms with Gasteiger partial charge in [0.15, 0.2) is 0 Å². The van der Waals surface area contributed by atoms with E-state index in [0.29, 0.717) is 18.9 Å². The third-order valence-electron chi connectivity index (χ3n) is 4.25. The lowest BCUT2D eigenvalue weighted by atomic mass is 10.2. The molecule has 0 atom stereocenters. The maximum absolute atomic E-state index is 12.2. The largest absolute Gasteiger partial charge is 0.444 e. The highest BCUT2D eigenvalue weighted by Crippen LogP contribution is 2.18. The number of hydrogen-bond acceptors (Lipinski definition) is 3. The van der Waals surface area contributed by atoms with Gasteiger partial charge in [-0.3, -0.25) is 0 Å².